The molecular formula is C39H45BN6S3-. The first-order valence-corrected chi connectivity index (χ1v) is 17.9. The van der Waals surface area contributed by atoms with Crippen LogP contribution in [-0.4, -0.2) is 34.3 Å². The number of rotatable bonds is 6. The van der Waals surface area contributed by atoms with Crippen molar-refractivity contribution in [3.05, 3.63) is 141 Å². The summed E-state index contributed by atoms with van der Waals surface area (Å²) < 4.78 is 14.1. The fourth-order valence-electron chi connectivity index (χ4n) is 6.06. The van der Waals surface area contributed by atoms with Crippen LogP contribution in [0.25, 0.3) is 17.1 Å². The largest absolute Gasteiger partial charge is 0.483 e. The first-order valence-electron chi connectivity index (χ1n) is 16.7. The minimum atomic E-state index is -0.493. The summed E-state index contributed by atoms with van der Waals surface area (Å²) in [6, 6.07) is 25.8. The van der Waals surface area contributed by atoms with Crippen LogP contribution in [0.5, 0.6) is 0 Å². The van der Waals surface area contributed by atoms with E-state index in [0.717, 1.165) is 17.1 Å². The number of hydrogen-bond donors (Lipinski definition) is 0. The van der Waals surface area contributed by atoms with Crippen molar-refractivity contribution in [2.45, 2.75) is 78.6 Å². The molecule has 1 radical (unpaired) electrons. The SMILES string of the molecule is CC(C)(C)c1ccc(-n2ccn([B-](n3ccn(-c4ccc(C(C)(C)C)cc4)c3=S)n3ccn(-c4ccc(C(C)(C)C)cc4)c3=S)c2=S)cc1. The van der Waals surface area contributed by atoms with Gasteiger partial charge in [-0.1, -0.05) is 98.7 Å². The molecule has 0 aliphatic heterocycles. The van der Waals surface area contributed by atoms with E-state index in [0.29, 0.717) is 14.3 Å². The molecule has 253 valence electrons. The van der Waals surface area contributed by atoms with Crippen LogP contribution in [0, 0.1) is 14.3 Å². The maximum Gasteiger partial charge on any atom is 0.209 e. The molecule has 3 heterocycles. The van der Waals surface area contributed by atoms with Crippen molar-refractivity contribution in [1.82, 2.24) is 27.1 Å². The van der Waals surface area contributed by atoms with Crippen molar-refractivity contribution in [1.29, 1.82) is 0 Å². The van der Waals surface area contributed by atoms with E-state index in [2.05, 4.69) is 149 Å². The zero-order valence-corrected chi connectivity index (χ0v) is 32.3. The van der Waals surface area contributed by atoms with Crippen molar-refractivity contribution < 1.29 is 0 Å². The van der Waals surface area contributed by atoms with Crippen LogP contribution in [-0.2, 0) is 16.2 Å². The average molecular weight is 705 g/mol. The minimum Gasteiger partial charge on any atom is -0.483 e. The molecule has 6 rings (SSSR count). The Labute approximate surface area is 306 Å². The first-order chi connectivity index (χ1) is 22.9. The molecule has 10 heteroatoms. The van der Waals surface area contributed by atoms with Crippen LogP contribution >= 0.6 is 36.7 Å². The second-order valence-corrected chi connectivity index (χ2v) is 16.9. The first kappa shape index (κ1) is 34.9. The Morgan fingerprint density at radius 1 is 0.367 bits per heavy atom. The van der Waals surface area contributed by atoms with Crippen molar-refractivity contribution >= 4 is 43.8 Å². The molecule has 3 aromatic carbocycles. The highest BCUT2D eigenvalue weighted by atomic mass is 32.1. The van der Waals surface area contributed by atoms with Gasteiger partial charge in [-0.05, 0) is 125 Å². The maximum atomic E-state index is 6.19. The summed E-state index contributed by atoms with van der Waals surface area (Å²) in [5.41, 5.74) is 6.98. The van der Waals surface area contributed by atoms with E-state index in [4.69, 9.17) is 36.7 Å². The molecule has 0 amide bonds. The van der Waals surface area contributed by atoms with E-state index < -0.39 is 7.12 Å². The Kier molecular flexibility index (Phi) is 9.05. The highest BCUT2D eigenvalue weighted by molar-refractivity contribution is 7.71. The molecule has 6 nitrogen and oxygen atoms in total. The van der Waals surface area contributed by atoms with Crippen LogP contribution in [0.15, 0.2) is 110 Å². The lowest BCUT2D eigenvalue weighted by atomic mass is 9.87. The van der Waals surface area contributed by atoms with Crippen LogP contribution in [0.3, 0.4) is 0 Å². The fraction of sp³-hybridized carbons (Fsp3) is 0.308. The molecule has 0 saturated heterocycles. The van der Waals surface area contributed by atoms with Gasteiger partial charge in [-0.25, -0.2) is 0 Å². The van der Waals surface area contributed by atoms with Gasteiger partial charge in [0, 0.05) is 35.7 Å². The molecule has 0 saturated carbocycles. The number of benzene rings is 3. The topological polar surface area (TPSA) is 29.6 Å². The van der Waals surface area contributed by atoms with E-state index in [1.54, 1.807) is 0 Å². The molecule has 49 heavy (non-hydrogen) atoms. The van der Waals surface area contributed by atoms with Gasteiger partial charge in [0.2, 0.25) is 7.12 Å². The minimum absolute atomic E-state index is 0.0600. The van der Waals surface area contributed by atoms with Gasteiger partial charge >= 0.3 is 0 Å². The zero-order chi connectivity index (χ0) is 35.5. The third-order valence-corrected chi connectivity index (χ3v) is 10.4. The highest BCUT2D eigenvalue weighted by Gasteiger charge is 2.18. The molecule has 0 N–H and O–H groups in total. The predicted octanol–water partition coefficient (Wildman–Crippen LogP) is 10.5. The average Bonchev–Trinajstić information content (AvgIpc) is 3.73. The number of hydrogen-bond acceptors (Lipinski definition) is 3. The monoisotopic (exact) mass is 704 g/mol. The molecule has 3 aromatic heterocycles. The summed E-state index contributed by atoms with van der Waals surface area (Å²) in [6.45, 7) is 20.0. The molecule has 0 bridgehead atoms. The fourth-order valence-corrected chi connectivity index (χ4v) is 7.02. The predicted molar refractivity (Wildman–Crippen MR) is 212 cm³/mol. The van der Waals surface area contributed by atoms with Crippen molar-refractivity contribution in [3.8, 4) is 17.1 Å². The second-order valence-electron chi connectivity index (χ2n) is 15.8. The highest BCUT2D eigenvalue weighted by Crippen LogP contribution is 2.26. The molecule has 0 unspecified atom stereocenters. The van der Waals surface area contributed by atoms with Crippen LogP contribution in [0.4, 0.5) is 0 Å². The number of imidazole rings is 3. The van der Waals surface area contributed by atoms with Gasteiger partial charge in [0.15, 0.2) is 0 Å². The summed E-state index contributed by atoms with van der Waals surface area (Å²) in [7, 11) is -0.493. The molecule has 6 aromatic rings. The van der Waals surface area contributed by atoms with Crippen LogP contribution < -0.4 is 0 Å². The maximum absolute atomic E-state index is 6.19. The Hall–Kier alpha value is -3.99. The second kappa shape index (κ2) is 12.7. The van der Waals surface area contributed by atoms with Gasteiger partial charge < -0.3 is 13.4 Å². The van der Waals surface area contributed by atoms with E-state index >= 15 is 0 Å². The summed E-state index contributed by atoms with van der Waals surface area (Å²) in [5.74, 6) is 0. The third kappa shape index (κ3) is 6.78. The van der Waals surface area contributed by atoms with Crippen molar-refractivity contribution in [2.75, 3.05) is 0 Å². The summed E-state index contributed by atoms with van der Waals surface area (Å²) in [6.07, 6.45) is 12.1. The van der Waals surface area contributed by atoms with E-state index in [9.17, 15) is 0 Å². The van der Waals surface area contributed by atoms with Gasteiger partial charge in [0.05, 0.1) is 0 Å². The van der Waals surface area contributed by atoms with Gasteiger partial charge in [0.25, 0.3) is 0 Å². The number of nitrogens with zero attached hydrogens (tertiary/aromatic N) is 6. The van der Waals surface area contributed by atoms with Gasteiger partial charge in [-0.15, -0.1) is 0 Å². The molecule has 0 atom stereocenters. The standard InChI is InChI=1S/C39H45BN6S3/c1-37(2,3)28-10-16-31(17-11-28)41-22-25-44(34(41)47)40(45-26-23-42(35(45)48)32-18-12-29(13-19-32)38(4,5)6)46-27-24-43(36(46)49)33-20-14-30(15-21-33)39(7,8)9/h10-27H,1-9H3/q-1. The normalized spacial score (nSPS) is 12.6. The van der Waals surface area contributed by atoms with Crippen LogP contribution in [0.2, 0.25) is 0 Å². The smallest absolute Gasteiger partial charge is 0.209 e. The quantitative estimate of drug-likeness (QED) is 0.128. The molecular weight excluding hydrogens is 659 g/mol. The lowest BCUT2D eigenvalue weighted by Crippen LogP contribution is -2.41. The Morgan fingerprint density at radius 3 is 0.796 bits per heavy atom. The molecule has 0 aliphatic carbocycles. The lowest BCUT2D eigenvalue weighted by molar-refractivity contribution is 0.590. The Balaban J connectivity index is 1.48. The van der Waals surface area contributed by atoms with Gasteiger partial charge in [-0.3, -0.25) is 13.7 Å². The third-order valence-electron chi connectivity index (χ3n) is 9.19. The molecule has 0 fully saturated rings. The van der Waals surface area contributed by atoms with E-state index in [-0.39, 0.29) is 16.2 Å². The molecule has 0 aliphatic rings. The Morgan fingerprint density at radius 2 is 0.592 bits per heavy atom. The zero-order valence-electron chi connectivity index (χ0n) is 29.9. The summed E-state index contributed by atoms with van der Waals surface area (Å²) >= 11 is 18.6. The van der Waals surface area contributed by atoms with Crippen molar-refractivity contribution in [3.63, 3.8) is 0 Å². The van der Waals surface area contributed by atoms with Gasteiger partial charge in [-0.2, -0.15) is 0 Å². The lowest BCUT2D eigenvalue weighted by Gasteiger charge is -2.33. The van der Waals surface area contributed by atoms with Crippen LogP contribution in [0.1, 0.15) is 79.0 Å². The summed E-state index contributed by atoms with van der Waals surface area (Å²) in [5, 5.41) is 0. The van der Waals surface area contributed by atoms with Gasteiger partial charge in [0.1, 0.15) is 14.3 Å². The summed E-state index contributed by atoms with van der Waals surface area (Å²) in [4.78, 5) is 0. The molecule has 0 spiro atoms. The van der Waals surface area contributed by atoms with E-state index in [1.807, 2.05) is 50.9 Å². The van der Waals surface area contributed by atoms with Crippen molar-refractivity contribution in [2.24, 2.45) is 0 Å². The van der Waals surface area contributed by atoms with E-state index in [1.165, 1.54) is 16.7 Å². The Bertz CT molecular complexity index is 2010. The number of aromatic nitrogens is 6.